The van der Waals surface area contributed by atoms with Crippen molar-refractivity contribution >= 4 is 11.8 Å². The first-order valence-corrected chi connectivity index (χ1v) is 4.99. The van der Waals surface area contributed by atoms with Crippen LogP contribution in [0.3, 0.4) is 0 Å². The first kappa shape index (κ1) is 9.88. The molecule has 0 aromatic carbocycles. The van der Waals surface area contributed by atoms with Crippen LogP contribution in [0.4, 0.5) is 5.95 Å². The topological polar surface area (TPSA) is 96.7 Å². The van der Waals surface area contributed by atoms with Crippen molar-refractivity contribution in [1.82, 2.24) is 20.2 Å². The number of nitrogens with one attached hydrogen (secondary N) is 1. The molecular formula is C8H15N7. The Labute approximate surface area is 87.7 Å². The van der Waals surface area contributed by atoms with Crippen LogP contribution in [0.5, 0.6) is 0 Å². The summed E-state index contributed by atoms with van der Waals surface area (Å²) in [5.74, 6) is 1.31. The van der Waals surface area contributed by atoms with Gasteiger partial charge in [-0.25, -0.2) is 4.68 Å². The Bertz CT molecular complexity index is 350. The Morgan fingerprint density at radius 2 is 2.13 bits per heavy atom. The van der Waals surface area contributed by atoms with Gasteiger partial charge in [0.25, 0.3) is 0 Å². The molecule has 1 fully saturated rings. The van der Waals surface area contributed by atoms with Gasteiger partial charge in [-0.2, -0.15) is 0 Å². The summed E-state index contributed by atoms with van der Waals surface area (Å²) in [4.78, 5) is 2.12. The standard InChI is InChI=1S/C8H15N7/c1-14-8(11-12-13-14)15-4-2-6(3-5-15)7(9)10/h6H,2-5H2,1H3,(H3,9,10). The van der Waals surface area contributed by atoms with Crippen molar-refractivity contribution < 1.29 is 0 Å². The summed E-state index contributed by atoms with van der Waals surface area (Å²) in [5, 5.41) is 18.7. The van der Waals surface area contributed by atoms with E-state index in [-0.39, 0.29) is 5.92 Å². The first-order valence-electron chi connectivity index (χ1n) is 4.99. The number of tetrazole rings is 1. The quantitative estimate of drug-likeness (QED) is 0.499. The van der Waals surface area contributed by atoms with Crippen molar-refractivity contribution in [2.24, 2.45) is 18.7 Å². The molecule has 0 atom stereocenters. The Balaban J connectivity index is 2.00. The number of aryl methyl sites for hydroxylation is 1. The van der Waals surface area contributed by atoms with Crippen LogP contribution in [-0.4, -0.2) is 39.1 Å². The van der Waals surface area contributed by atoms with Crippen molar-refractivity contribution in [3.05, 3.63) is 0 Å². The molecule has 1 aromatic heterocycles. The number of anilines is 1. The van der Waals surface area contributed by atoms with Crippen LogP contribution >= 0.6 is 0 Å². The van der Waals surface area contributed by atoms with Crippen molar-refractivity contribution in [2.45, 2.75) is 12.8 Å². The molecule has 7 nitrogen and oxygen atoms in total. The van der Waals surface area contributed by atoms with Crippen molar-refractivity contribution in [2.75, 3.05) is 18.0 Å². The first-order chi connectivity index (χ1) is 7.18. The number of nitrogens with two attached hydrogens (primary N) is 1. The molecule has 2 heterocycles. The zero-order valence-electron chi connectivity index (χ0n) is 8.72. The molecule has 0 saturated carbocycles. The SMILES string of the molecule is Cn1nnnc1N1CCC(C(=N)N)CC1. The molecule has 3 N–H and O–H groups in total. The van der Waals surface area contributed by atoms with Crippen LogP contribution in [0, 0.1) is 11.3 Å². The number of hydrogen-bond acceptors (Lipinski definition) is 5. The number of nitrogens with zero attached hydrogens (tertiary/aromatic N) is 5. The van der Waals surface area contributed by atoms with Gasteiger partial charge in [-0.1, -0.05) is 5.10 Å². The fourth-order valence-electron chi connectivity index (χ4n) is 1.88. The highest BCUT2D eigenvalue weighted by Gasteiger charge is 2.23. The highest BCUT2D eigenvalue weighted by Crippen LogP contribution is 2.20. The lowest BCUT2D eigenvalue weighted by Gasteiger charge is -2.31. The van der Waals surface area contributed by atoms with Crippen LogP contribution in [0.15, 0.2) is 0 Å². The molecule has 0 radical (unpaired) electrons. The lowest BCUT2D eigenvalue weighted by atomic mass is 9.96. The van der Waals surface area contributed by atoms with Gasteiger partial charge in [-0.15, -0.1) is 0 Å². The van der Waals surface area contributed by atoms with Crippen LogP contribution in [0.25, 0.3) is 0 Å². The van der Waals surface area contributed by atoms with Crippen molar-refractivity contribution in [3.63, 3.8) is 0 Å². The highest BCUT2D eigenvalue weighted by atomic mass is 15.6. The van der Waals surface area contributed by atoms with E-state index in [4.69, 9.17) is 11.1 Å². The van der Waals surface area contributed by atoms with Gasteiger partial charge in [-0.3, -0.25) is 5.41 Å². The molecule has 0 aliphatic carbocycles. The van der Waals surface area contributed by atoms with Crippen molar-refractivity contribution in [3.8, 4) is 0 Å². The van der Waals surface area contributed by atoms with Gasteiger partial charge in [0, 0.05) is 26.1 Å². The van der Waals surface area contributed by atoms with E-state index < -0.39 is 0 Å². The van der Waals surface area contributed by atoms with E-state index >= 15 is 0 Å². The Morgan fingerprint density at radius 1 is 1.47 bits per heavy atom. The molecule has 0 spiro atoms. The fourth-order valence-corrected chi connectivity index (χ4v) is 1.88. The fraction of sp³-hybridized carbons (Fsp3) is 0.750. The van der Waals surface area contributed by atoms with Crippen LogP contribution in [0.2, 0.25) is 0 Å². The summed E-state index contributed by atoms with van der Waals surface area (Å²) in [5.41, 5.74) is 5.48. The molecule has 2 rings (SSSR count). The maximum atomic E-state index is 7.39. The second-order valence-corrected chi connectivity index (χ2v) is 3.82. The molecule has 0 amide bonds. The zero-order chi connectivity index (χ0) is 10.8. The molecule has 82 valence electrons. The molecular weight excluding hydrogens is 194 g/mol. The molecule has 15 heavy (non-hydrogen) atoms. The lowest BCUT2D eigenvalue weighted by molar-refractivity contribution is 0.486. The Morgan fingerprint density at radius 3 is 2.60 bits per heavy atom. The van der Waals surface area contributed by atoms with Gasteiger partial charge >= 0.3 is 0 Å². The molecule has 0 unspecified atom stereocenters. The number of piperidine rings is 1. The summed E-state index contributed by atoms with van der Waals surface area (Å²) in [6, 6.07) is 0. The number of hydrogen-bond donors (Lipinski definition) is 2. The largest absolute Gasteiger partial charge is 0.387 e. The summed E-state index contributed by atoms with van der Waals surface area (Å²) in [7, 11) is 1.83. The van der Waals surface area contributed by atoms with Gasteiger partial charge in [0.2, 0.25) is 5.95 Å². The van der Waals surface area contributed by atoms with Crippen LogP contribution in [-0.2, 0) is 7.05 Å². The van der Waals surface area contributed by atoms with E-state index in [1.54, 1.807) is 4.68 Å². The normalized spacial score (nSPS) is 18.1. The van der Waals surface area contributed by atoms with E-state index in [2.05, 4.69) is 20.4 Å². The van der Waals surface area contributed by atoms with Gasteiger partial charge in [0.15, 0.2) is 0 Å². The predicted octanol–water partition coefficient (Wildman–Crippen LogP) is -0.638. The molecule has 7 heteroatoms. The lowest BCUT2D eigenvalue weighted by Crippen LogP contribution is -2.39. The second kappa shape index (κ2) is 3.84. The minimum absolute atomic E-state index is 0.224. The van der Waals surface area contributed by atoms with Gasteiger partial charge in [0.05, 0.1) is 5.84 Å². The van der Waals surface area contributed by atoms with E-state index in [1.165, 1.54) is 0 Å². The Kier molecular flexibility index (Phi) is 2.53. The Hall–Kier alpha value is -1.66. The predicted molar refractivity (Wildman–Crippen MR) is 55.6 cm³/mol. The smallest absolute Gasteiger partial charge is 0.245 e. The molecule has 1 saturated heterocycles. The third kappa shape index (κ3) is 1.90. The van der Waals surface area contributed by atoms with E-state index in [0.29, 0.717) is 5.84 Å². The van der Waals surface area contributed by atoms with E-state index in [0.717, 1.165) is 31.9 Å². The van der Waals surface area contributed by atoms with Gasteiger partial charge in [0.1, 0.15) is 0 Å². The summed E-state index contributed by atoms with van der Waals surface area (Å²) in [6.45, 7) is 1.72. The third-order valence-corrected chi connectivity index (χ3v) is 2.82. The molecule has 0 bridgehead atoms. The van der Waals surface area contributed by atoms with E-state index in [1.807, 2.05) is 7.05 Å². The molecule has 1 aliphatic heterocycles. The van der Waals surface area contributed by atoms with Crippen molar-refractivity contribution in [1.29, 1.82) is 5.41 Å². The number of amidine groups is 1. The van der Waals surface area contributed by atoms with Gasteiger partial charge in [-0.05, 0) is 23.3 Å². The summed E-state index contributed by atoms with van der Waals surface area (Å²) < 4.78 is 1.66. The maximum absolute atomic E-state index is 7.39. The average Bonchev–Trinajstić information content (AvgIpc) is 2.65. The minimum Gasteiger partial charge on any atom is -0.387 e. The minimum atomic E-state index is 0.224. The highest BCUT2D eigenvalue weighted by molar-refractivity contribution is 5.79. The summed E-state index contributed by atoms with van der Waals surface area (Å²) >= 11 is 0. The monoisotopic (exact) mass is 209 g/mol. The number of aromatic nitrogens is 4. The second-order valence-electron chi connectivity index (χ2n) is 3.82. The third-order valence-electron chi connectivity index (χ3n) is 2.82. The van der Waals surface area contributed by atoms with Crippen LogP contribution in [0.1, 0.15) is 12.8 Å². The average molecular weight is 209 g/mol. The summed E-state index contributed by atoms with van der Waals surface area (Å²) in [6.07, 6.45) is 1.81. The maximum Gasteiger partial charge on any atom is 0.245 e. The van der Waals surface area contributed by atoms with E-state index in [9.17, 15) is 0 Å². The van der Waals surface area contributed by atoms with Crippen LogP contribution < -0.4 is 10.6 Å². The molecule has 1 aromatic rings. The van der Waals surface area contributed by atoms with Gasteiger partial charge < -0.3 is 10.6 Å². The molecule has 1 aliphatic rings. The zero-order valence-corrected chi connectivity index (χ0v) is 8.72. The number of rotatable bonds is 2.